The molecule has 2 nitrogen and oxygen atoms in total. The van der Waals surface area contributed by atoms with Crippen LogP contribution in [-0.2, 0) is 0 Å². The largest absolute Gasteiger partial charge is 0.330 e. The maximum absolute atomic E-state index is 5.93. The topological polar surface area (TPSA) is 52.0 Å². The predicted molar refractivity (Wildman–Crippen MR) is 41.4 cm³/mol. The van der Waals surface area contributed by atoms with Crippen molar-refractivity contribution in [3.8, 4) is 0 Å². The quantitative estimate of drug-likeness (QED) is 0.551. The first-order valence-electron chi connectivity index (χ1n) is 4.27. The molecular weight excluding hydrogens is 124 g/mol. The molecule has 2 bridgehead atoms. The van der Waals surface area contributed by atoms with Crippen LogP contribution in [0.1, 0.15) is 19.3 Å². The molecule has 0 spiro atoms. The molecule has 0 heterocycles. The minimum Gasteiger partial charge on any atom is -0.330 e. The van der Waals surface area contributed by atoms with Crippen LogP contribution >= 0.6 is 0 Å². The molecule has 2 saturated carbocycles. The van der Waals surface area contributed by atoms with Gasteiger partial charge in [-0.15, -0.1) is 0 Å². The number of nitrogens with two attached hydrogens (primary N) is 2. The van der Waals surface area contributed by atoms with Gasteiger partial charge >= 0.3 is 0 Å². The molecule has 58 valence electrons. The molecule has 2 rings (SSSR count). The Kier molecular flexibility index (Phi) is 1.46. The first-order chi connectivity index (χ1) is 4.81. The van der Waals surface area contributed by atoms with Crippen LogP contribution in [0, 0.1) is 17.8 Å². The fourth-order valence-corrected chi connectivity index (χ4v) is 2.82. The number of fused-ring (bicyclic) bond motifs is 2. The molecule has 0 aromatic rings. The summed E-state index contributed by atoms with van der Waals surface area (Å²) in [6, 6.07) is 0.479. The molecule has 0 saturated heterocycles. The minimum absolute atomic E-state index is 0.479. The van der Waals surface area contributed by atoms with Gasteiger partial charge in [0.25, 0.3) is 0 Å². The molecule has 4 atom stereocenters. The third-order valence-electron chi connectivity index (χ3n) is 3.31. The second kappa shape index (κ2) is 2.21. The Morgan fingerprint density at radius 3 is 2.40 bits per heavy atom. The van der Waals surface area contributed by atoms with Crippen molar-refractivity contribution in [2.24, 2.45) is 29.2 Å². The predicted octanol–water partition coefficient (Wildman–Crippen LogP) is 0.319. The molecule has 0 amide bonds. The second-order valence-electron chi connectivity index (χ2n) is 3.90. The van der Waals surface area contributed by atoms with Crippen LogP contribution in [0.3, 0.4) is 0 Å². The van der Waals surface area contributed by atoms with Crippen molar-refractivity contribution >= 4 is 0 Å². The summed E-state index contributed by atoms with van der Waals surface area (Å²) >= 11 is 0. The first kappa shape index (κ1) is 6.62. The Balaban J connectivity index is 2.06. The highest BCUT2D eigenvalue weighted by Crippen LogP contribution is 2.46. The van der Waals surface area contributed by atoms with E-state index in [-0.39, 0.29) is 0 Å². The van der Waals surface area contributed by atoms with Gasteiger partial charge < -0.3 is 11.5 Å². The lowest BCUT2D eigenvalue weighted by Crippen LogP contribution is -2.35. The van der Waals surface area contributed by atoms with Gasteiger partial charge in [0.2, 0.25) is 0 Å². The summed E-state index contributed by atoms with van der Waals surface area (Å²) in [5, 5.41) is 0. The van der Waals surface area contributed by atoms with E-state index in [1.165, 1.54) is 19.3 Å². The lowest BCUT2D eigenvalue weighted by Gasteiger charge is -2.25. The normalized spacial score (nSPS) is 52.2. The van der Waals surface area contributed by atoms with Gasteiger partial charge in [0, 0.05) is 6.04 Å². The second-order valence-corrected chi connectivity index (χ2v) is 3.90. The molecular formula is C8H16N2. The monoisotopic (exact) mass is 140 g/mol. The van der Waals surface area contributed by atoms with E-state index in [1.807, 2.05) is 0 Å². The van der Waals surface area contributed by atoms with Gasteiger partial charge in [0.05, 0.1) is 0 Å². The van der Waals surface area contributed by atoms with Crippen molar-refractivity contribution in [3.05, 3.63) is 0 Å². The zero-order valence-electron chi connectivity index (χ0n) is 6.29. The number of hydrogen-bond donors (Lipinski definition) is 2. The molecule has 4 unspecified atom stereocenters. The number of rotatable bonds is 1. The van der Waals surface area contributed by atoms with Crippen LogP contribution in [0.25, 0.3) is 0 Å². The van der Waals surface area contributed by atoms with Gasteiger partial charge in [-0.05, 0) is 43.6 Å². The summed E-state index contributed by atoms with van der Waals surface area (Å²) in [5.41, 5.74) is 11.6. The van der Waals surface area contributed by atoms with Crippen LogP contribution in [0.5, 0.6) is 0 Å². The molecule has 0 aliphatic heterocycles. The summed E-state index contributed by atoms with van der Waals surface area (Å²) in [5.74, 6) is 2.46. The maximum Gasteiger partial charge on any atom is 0.00730 e. The summed E-state index contributed by atoms with van der Waals surface area (Å²) in [6.45, 7) is 0.856. The van der Waals surface area contributed by atoms with E-state index in [1.54, 1.807) is 0 Å². The lowest BCUT2D eigenvalue weighted by atomic mass is 9.86. The van der Waals surface area contributed by atoms with Crippen molar-refractivity contribution in [1.82, 2.24) is 0 Å². The highest BCUT2D eigenvalue weighted by atomic mass is 14.7. The van der Waals surface area contributed by atoms with Crippen LogP contribution in [0.4, 0.5) is 0 Å². The van der Waals surface area contributed by atoms with Crippen LogP contribution in [0.2, 0.25) is 0 Å². The Hall–Kier alpha value is -0.0800. The molecule has 4 N–H and O–H groups in total. The van der Waals surface area contributed by atoms with Gasteiger partial charge in [-0.2, -0.15) is 0 Å². The van der Waals surface area contributed by atoms with Crippen molar-refractivity contribution in [1.29, 1.82) is 0 Å². The van der Waals surface area contributed by atoms with Crippen LogP contribution in [0.15, 0.2) is 0 Å². The first-order valence-corrected chi connectivity index (χ1v) is 4.27. The summed E-state index contributed by atoms with van der Waals surface area (Å²) in [4.78, 5) is 0. The smallest absolute Gasteiger partial charge is 0.00730 e. The van der Waals surface area contributed by atoms with Crippen molar-refractivity contribution in [3.63, 3.8) is 0 Å². The van der Waals surface area contributed by atoms with Crippen LogP contribution < -0.4 is 11.5 Å². The highest BCUT2D eigenvalue weighted by Gasteiger charge is 2.43. The zero-order valence-corrected chi connectivity index (χ0v) is 6.29. The summed E-state index contributed by atoms with van der Waals surface area (Å²) < 4.78 is 0. The lowest BCUT2D eigenvalue weighted by molar-refractivity contribution is 0.303. The van der Waals surface area contributed by atoms with E-state index >= 15 is 0 Å². The molecule has 0 radical (unpaired) electrons. The highest BCUT2D eigenvalue weighted by molar-refractivity contribution is 4.97. The Morgan fingerprint density at radius 2 is 2.00 bits per heavy atom. The van der Waals surface area contributed by atoms with Gasteiger partial charge in [0.1, 0.15) is 0 Å². The van der Waals surface area contributed by atoms with E-state index in [9.17, 15) is 0 Å². The maximum atomic E-state index is 5.93. The Bertz CT molecular complexity index is 133. The van der Waals surface area contributed by atoms with E-state index in [2.05, 4.69) is 0 Å². The van der Waals surface area contributed by atoms with E-state index in [4.69, 9.17) is 11.5 Å². The van der Waals surface area contributed by atoms with Gasteiger partial charge in [0.15, 0.2) is 0 Å². The molecule has 0 aromatic heterocycles. The Morgan fingerprint density at radius 1 is 1.20 bits per heavy atom. The minimum atomic E-state index is 0.479. The third-order valence-corrected chi connectivity index (χ3v) is 3.31. The van der Waals surface area contributed by atoms with E-state index in [0.29, 0.717) is 6.04 Å². The van der Waals surface area contributed by atoms with Crippen molar-refractivity contribution in [2.75, 3.05) is 6.54 Å². The SMILES string of the molecule is NCC1CC2CC(N)C1C2. The van der Waals surface area contributed by atoms with Gasteiger partial charge in [-0.3, -0.25) is 0 Å². The average molecular weight is 140 g/mol. The standard InChI is InChI=1S/C8H16N2/c9-4-6-1-5-2-7(6)8(10)3-5/h5-8H,1-4,9-10H2. The fraction of sp³-hybridized carbons (Fsp3) is 1.00. The third kappa shape index (κ3) is 0.789. The average Bonchev–Trinajstić information content (AvgIpc) is 2.44. The zero-order chi connectivity index (χ0) is 7.14. The molecule has 2 aliphatic rings. The molecule has 2 fully saturated rings. The van der Waals surface area contributed by atoms with Gasteiger partial charge in [-0.1, -0.05) is 0 Å². The molecule has 2 aliphatic carbocycles. The molecule has 2 heteroatoms. The summed E-state index contributed by atoms with van der Waals surface area (Å²) in [7, 11) is 0. The number of hydrogen-bond acceptors (Lipinski definition) is 2. The fourth-order valence-electron chi connectivity index (χ4n) is 2.82. The van der Waals surface area contributed by atoms with Crippen molar-refractivity contribution < 1.29 is 0 Å². The van der Waals surface area contributed by atoms with Crippen LogP contribution in [-0.4, -0.2) is 12.6 Å². The summed E-state index contributed by atoms with van der Waals surface area (Å²) in [6.07, 6.45) is 3.99. The van der Waals surface area contributed by atoms with E-state index in [0.717, 1.165) is 24.3 Å². The van der Waals surface area contributed by atoms with Gasteiger partial charge in [-0.25, -0.2) is 0 Å². The van der Waals surface area contributed by atoms with E-state index < -0.39 is 0 Å². The molecule has 10 heavy (non-hydrogen) atoms. The molecule has 0 aromatic carbocycles. The Labute approximate surface area is 62.0 Å². The van der Waals surface area contributed by atoms with Crippen molar-refractivity contribution in [2.45, 2.75) is 25.3 Å².